The van der Waals surface area contributed by atoms with Gasteiger partial charge in [-0.2, -0.15) is 0 Å². The average molecular weight is 189 g/mol. The van der Waals surface area contributed by atoms with Gasteiger partial charge in [-0.25, -0.2) is 0 Å². The minimum absolute atomic E-state index is 0.0272. The maximum atomic E-state index is 11.0. The van der Waals surface area contributed by atoms with E-state index in [-0.39, 0.29) is 5.91 Å². The monoisotopic (exact) mass is 189 g/mol. The maximum Gasteiger partial charge on any atom is 0.220 e. The van der Waals surface area contributed by atoms with Crippen LogP contribution in [0.25, 0.3) is 0 Å². The van der Waals surface area contributed by atoms with Crippen LogP contribution in [0, 0.1) is 0 Å². The number of ether oxygens (including phenoxy) is 1. The van der Waals surface area contributed by atoms with E-state index in [0.717, 1.165) is 6.42 Å². The molecule has 0 fully saturated rings. The van der Waals surface area contributed by atoms with Crippen LogP contribution in [0.2, 0.25) is 0 Å². The Bertz CT molecular complexity index is 137. The van der Waals surface area contributed by atoms with Crippen LogP contribution in [-0.4, -0.2) is 36.9 Å². The van der Waals surface area contributed by atoms with Crippen molar-refractivity contribution in [3.8, 4) is 0 Å². The van der Waals surface area contributed by atoms with Crippen molar-refractivity contribution in [3.63, 3.8) is 0 Å². The Hall–Kier alpha value is -0.610. The Morgan fingerprint density at radius 2 is 2.31 bits per heavy atom. The van der Waals surface area contributed by atoms with E-state index in [4.69, 9.17) is 9.84 Å². The molecule has 13 heavy (non-hydrogen) atoms. The second-order valence-electron chi connectivity index (χ2n) is 2.95. The molecule has 0 aliphatic heterocycles. The van der Waals surface area contributed by atoms with Crippen LogP contribution in [0.4, 0.5) is 0 Å². The standard InChI is InChI=1S/C9H19NO3/c1-3-13-6-4-5-9(12)10-7-8(2)11/h8,11H,3-7H2,1-2H3,(H,10,12). The van der Waals surface area contributed by atoms with Crippen LogP contribution in [0.1, 0.15) is 26.7 Å². The summed E-state index contributed by atoms with van der Waals surface area (Å²) in [4.78, 5) is 11.0. The third kappa shape index (κ3) is 9.30. The van der Waals surface area contributed by atoms with Crippen molar-refractivity contribution in [2.45, 2.75) is 32.8 Å². The van der Waals surface area contributed by atoms with Crippen molar-refractivity contribution in [2.24, 2.45) is 0 Å². The first kappa shape index (κ1) is 12.4. The minimum Gasteiger partial charge on any atom is -0.392 e. The molecule has 0 saturated carbocycles. The normalized spacial score (nSPS) is 12.5. The van der Waals surface area contributed by atoms with E-state index in [1.807, 2.05) is 6.92 Å². The molecule has 0 aromatic heterocycles. The Labute approximate surface area is 79.3 Å². The molecule has 0 aliphatic rings. The summed E-state index contributed by atoms with van der Waals surface area (Å²) in [6.45, 7) is 5.20. The predicted molar refractivity (Wildman–Crippen MR) is 50.4 cm³/mol. The third-order valence-corrected chi connectivity index (χ3v) is 1.49. The fraction of sp³-hybridized carbons (Fsp3) is 0.889. The van der Waals surface area contributed by atoms with Crippen molar-refractivity contribution in [3.05, 3.63) is 0 Å². The highest BCUT2D eigenvalue weighted by Crippen LogP contribution is 1.90. The smallest absolute Gasteiger partial charge is 0.220 e. The number of rotatable bonds is 7. The van der Waals surface area contributed by atoms with Gasteiger partial charge in [-0.1, -0.05) is 0 Å². The first-order chi connectivity index (χ1) is 6.16. The maximum absolute atomic E-state index is 11.0. The number of amides is 1. The van der Waals surface area contributed by atoms with Crippen LogP contribution in [0.15, 0.2) is 0 Å². The zero-order chi connectivity index (χ0) is 10.1. The molecule has 2 N–H and O–H groups in total. The lowest BCUT2D eigenvalue weighted by molar-refractivity contribution is -0.121. The van der Waals surface area contributed by atoms with Gasteiger partial charge in [0.2, 0.25) is 5.91 Å². The van der Waals surface area contributed by atoms with Gasteiger partial charge in [-0.05, 0) is 20.3 Å². The van der Waals surface area contributed by atoms with Crippen molar-refractivity contribution in [1.29, 1.82) is 0 Å². The lowest BCUT2D eigenvalue weighted by Gasteiger charge is -2.06. The van der Waals surface area contributed by atoms with E-state index in [1.165, 1.54) is 0 Å². The number of nitrogens with one attached hydrogen (secondary N) is 1. The molecule has 1 unspecified atom stereocenters. The summed E-state index contributed by atoms with van der Waals surface area (Å²) >= 11 is 0. The molecule has 0 radical (unpaired) electrons. The Balaban J connectivity index is 3.20. The highest BCUT2D eigenvalue weighted by molar-refractivity contribution is 5.75. The lowest BCUT2D eigenvalue weighted by Crippen LogP contribution is -2.30. The van der Waals surface area contributed by atoms with Crippen molar-refractivity contribution >= 4 is 5.91 Å². The van der Waals surface area contributed by atoms with Gasteiger partial charge in [0, 0.05) is 26.2 Å². The second-order valence-corrected chi connectivity index (χ2v) is 2.95. The van der Waals surface area contributed by atoms with Crippen molar-refractivity contribution < 1.29 is 14.6 Å². The van der Waals surface area contributed by atoms with Crippen LogP contribution >= 0.6 is 0 Å². The molecule has 1 amide bonds. The molecule has 4 nitrogen and oxygen atoms in total. The molecule has 0 spiro atoms. The van der Waals surface area contributed by atoms with Crippen LogP contribution in [0.5, 0.6) is 0 Å². The van der Waals surface area contributed by atoms with Crippen molar-refractivity contribution in [2.75, 3.05) is 19.8 Å². The summed E-state index contributed by atoms with van der Waals surface area (Å²) in [5.74, 6) is -0.0272. The molecule has 0 aliphatic carbocycles. The predicted octanol–water partition coefficient (Wildman–Crippen LogP) is 0.300. The van der Waals surface area contributed by atoms with Gasteiger partial charge in [-0.3, -0.25) is 4.79 Å². The van der Waals surface area contributed by atoms with Crippen LogP contribution < -0.4 is 5.32 Å². The largest absolute Gasteiger partial charge is 0.392 e. The fourth-order valence-corrected chi connectivity index (χ4v) is 0.829. The first-order valence-electron chi connectivity index (χ1n) is 4.69. The molecule has 4 heteroatoms. The highest BCUT2D eigenvalue weighted by atomic mass is 16.5. The summed E-state index contributed by atoms with van der Waals surface area (Å²) < 4.78 is 5.08. The number of aliphatic hydroxyl groups excluding tert-OH is 1. The summed E-state index contributed by atoms with van der Waals surface area (Å²) in [7, 11) is 0. The van der Waals surface area contributed by atoms with Crippen LogP contribution in [-0.2, 0) is 9.53 Å². The first-order valence-corrected chi connectivity index (χ1v) is 4.69. The molecule has 0 heterocycles. The number of aliphatic hydroxyl groups is 1. The summed E-state index contributed by atoms with van der Waals surface area (Å²) in [6.07, 6.45) is 0.725. The average Bonchev–Trinajstić information content (AvgIpc) is 2.09. The van der Waals surface area contributed by atoms with Gasteiger partial charge in [0.25, 0.3) is 0 Å². The summed E-state index contributed by atoms with van der Waals surface area (Å²) in [5, 5.41) is 11.5. The molecular formula is C9H19NO3. The van der Waals surface area contributed by atoms with Gasteiger partial charge in [0.05, 0.1) is 6.10 Å². The lowest BCUT2D eigenvalue weighted by atomic mass is 10.3. The number of carbonyl (C=O) groups excluding carboxylic acids is 1. The molecule has 0 aromatic rings. The Morgan fingerprint density at radius 1 is 1.62 bits per heavy atom. The number of hydrogen-bond donors (Lipinski definition) is 2. The molecular weight excluding hydrogens is 170 g/mol. The summed E-state index contributed by atoms with van der Waals surface area (Å²) in [5.41, 5.74) is 0. The molecule has 78 valence electrons. The topological polar surface area (TPSA) is 58.6 Å². The molecule has 0 saturated heterocycles. The van der Waals surface area contributed by atoms with Gasteiger partial charge in [0.1, 0.15) is 0 Å². The third-order valence-electron chi connectivity index (χ3n) is 1.49. The van der Waals surface area contributed by atoms with E-state index >= 15 is 0 Å². The quantitative estimate of drug-likeness (QED) is 0.566. The Morgan fingerprint density at radius 3 is 2.85 bits per heavy atom. The zero-order valence-corrected chi connectivity index (χ0v) is 8.38. The van der Waals surface area contributed by atoms with E-state index in [2.05, 4.69) is 5.32 Å². The second kappa shape index (κ2) is 8.01. The van der Waals surface area contributed by atoms with E-state index < -0.39 is 6.10 Å². The van der Waals surface area contributed by atoms with Crippen LogP contribution in [0.3, 0.4) is 0 Å². The van der Waals surface area contributed by atoms with Gasteiger partial charge in [-0.15, -0.1) is 0 Å². The molecule has 0 bridgehead atoms. The number of hydrogen-bond acceptors (Lipinski definition) is 3. The highest BCUT2D eigenvalue weighted by Gasteiger charge is 2.01. The van der Waals surface area contributed by atoms with E-state index in [1.54, 1.807) is 6.92 Å². The summed E-state index contributed by atoms with van der Waals surface area (Å²) in [6, 6.07) is 0. The Kier molecular flexibility index (Phi) is 7.63. The van der Waals surface area contributed by atoms with Gasteiger partial charge in [0.15, 0.2) is 0 Å². The SMILES string of the molecule is CCOCCCC(=O)NCC(C)O. The van der Waals surface area contributed by atoms with E-state index in [0.29, 0.717) is 26.2 Å². The molecule has 0 aromatic carbocycles. The fourth-order valence-electron chi connectivity index (χ4n) is 0.829. The van der Waals surface area contributed by atoms with Gasteiger partial charge < -0.3 is 15.2 Å². The minimum atomic E-state index is -0.476. The van der Waals surface area contributed by atoms with E-state index in [9.17, 15) is 4.79 Å². The van der Waals surface area contributed by atoms with Crippen molar-refractivity contribution in [1.82, 2.24) is 5.32 Å². The zero-order valence-electron chi connectivity index (χ0n) is 8.38. The van der Waals surface area contributed by atoms with Gasteiger partial charge >= 0.3 is 0 Å². The molecule has 0 rings (SSSR count). The molecule has 1 atom stereocenters. The number of carbonyl (C=O) groups is 1.